The Labute approximate surface area is 146 Å². The van der Waals surface area contributed by atoms with Crippen LogP contribution in [0.3, 0.4) is 0 Å². The second-order valence-corrected chi connectivity index (χ2v) is 6.64. The van der Waals surface area contributed by atoms with E-state index in [0.29, 0.717) is 13.2 Å². The Hall–Kier alpha value is -1.30. The Bertz CT molecular complexity index is 410. The van der Waals surface area contributed by atoms with Gasteiger partial charge in [0, 0.05) is 39.4 Å². The van der Waals surface area contributed by atoms with E-state index in [1.54, 1.807) is 0 Å². The van der Waals surface area contributed by atoms with Gasteiger partial charge in [0.15, 0.2) is 5.96 Å². The highest BCUT2D eigenvalue weighted by atomic mass is 16.5. The van der Waals surface area contributed by atoms with Gasteiger partial charge >= 0.3 is 5.97 Å². The van der Waals surface area contributed by atoms with Gasteiger partial charge in [0.1, 0.15) is 0 Å². The third-order valence-corrected chi connectivity index (χ3v) is 4.43. The van der Waals surface area contributed by atoms with E-state index < -0.39 is 0 Å². The molecule has 1 saturated heterocycles. The topological polar surface area (TPSA) is 63.2 Å². The molecule has 0 aromatic heterocycles. The lowest BCUT2D eigenvalue weighted by molar-refractivity contribution is -0.149. The minimum absolute atomic E-state index is 0.0376. The molecule has 2 rings (SSSR count). The molecule has 1 unspecified atom stereocenters. The molecular formula is C18H33N3O3. The molecule has 1 atom stereocenters. The lowest BCUT2D eigenvalue weighted by Crippen LogP contribution is -2.48. The summed E-state index contributed by atoms with van der Waals surface area (Å²) in [6.45, 7) is 9.30. The van der Waals surface area contributed by atoms with Crippen LogP contribution in [-0.4, -0.2) is 62.8 Å². The Kier molecular flexibility index (Phi) is 8.36. The van der Waals surface area contributed by atoms with Crippen LogP contribution in [-0.2, 0) is 14.3 Å². The first-order valence-electron chi connectivity index (χ1n) is 9.52. The van der Waals surface area contributed by atoms with Crippen LogP contribution in [0, 0.1) is 11.8 Å². The van der Waals surface area contributed by atoms with Gasteiger partial charge in [-0.05, 0) is 51.9 Å². The number of esters is 1. The van der Waals surface area contributed by atoms with Crippen LogP contribution in [0.25, 0.3) is 0 Å². The molecule has 0 aromatic carbocycles. The number of nitrogens with one attached hydrogen (secondary N) is 1. The van der Waals surface area contributed by atoms with Crippen LogP contribution in [0.15, 0.2) is 4.99 Å². The monoisotopic (exact) mass is 339 g/mol. The van der Waals surface area contributed by atoms with E-state index in [9.17, 15) is 4.79 Å². The highest BCUT2D eigenvalue weighted by Crippen LogP contribution is 2.28. The third-order valence-electron chi connectivity index (χ3n) is 4.43. The van der Waals surface area contributed by atoms with E-state index in [0.717, 1.165) is 64.0 Å². The van der Waals surface area contributed by atoms with Crippen LogP contribution < -0.4 is 5.32 Å². The Morgan fingerprint density at radius 1 is 1.29 bits per heavy atom. The number of hydrogen-bond acceptors (Lipinski definition) is 4. The van der Waals surface area contributed by atoms with Crippen LogP contribution >= 0.6 is 0 Å². The molecule has 1 aliphatic carbocycles. The predicted octanol–water partition coefficient (Wildman–Crippen LogP) is 2.04. The van der Waals surface area contributed by atoms with E-state index in [4.69, 9.17) is 14.5 Å². The molecule has 6 heteroatoms. The van der Waals surface area contributed by atoms with Gasteiger partial charge in [-0.25, -0.2) is 0 Å². The molecule has 1 heterocycles. The standard InChI is InChI=1S/C18H33N3O3/c1-3-19-18(20-10-6-12-23-14-15-8-9-15)21-11-5-7-16(13-21)17(22)24-4-2/h15-16H,3-14H2,1-2H3,(H,19,20). The SMILES string of the molecule is CCNC(=NCCCOCC1CC1)N1CCCC(C(=O)OCC)C1. The highest BCUT2D eigenvalue weighted by molar-refractivity contribution is 5.81. The minimum Gasteiger partial charge on any atom is -0.466 e. The average Bonchev–Trinajstić information content (AvgIpc) is 3.41. The molecule has 2 aliphatic rings. The van der Waals surface area contributed by atoms with Crippen molar-refractivity contribution in [3.63, 3.8) is 0 Å². The summed E-state index contributed by atoms with van der Waals surface area (Å²) in [6, 6.07) is 0. The van der Waals surface area contributed by atoms with E-state index in [2.05, 4.69) is 17.1 Å². The zero-order valence-corrected chi connectivity index (χ0v) is 15.3. The van der Waals surface area contributed by atoms with Gasteiger partial charge in [-0.1, -0.05) is 0 Å². The Balaban J connectivity index is 1.76. The van der Waals surface area contributed by atoms with E-state index in [1.807, 2.05) is 6.92 Å². The van der Waals surface area contributed by atoms with Crippen molar-refractivity contribution in [2.24, 2.45) is 16.8 Å². The fourth-order valence-corrected chi connectivity index (χ4v) is 2.93. The van der Waals surface area contributed by atoms with Crippen molar-refractivity contribution in [3.8, 4) is 0 Å². The molecule has 0 aromatic rings. The first-order chi connectivity index (χ1) is 11.7. The number of carbonyl (C=O) groups is 1. The molecule has 6 nitrogen and oxygen atoms in total. The Morgan fingerprint density at radius 3 is 2.83 bits per heavy atom. The largest absolute Gasteiger partial charge is 0.466 e. The molecule has 1 N–H and O–H groups in total. The lowest BCUT2D eigenvalue weighted by Gasteiger charge is -2.34. The molecule has 0 spiro atoms. The van der Waals surface area contributed by atoms with Gasteiger partial charge in [0.25, 0.3) is 0 Å². The number of ether oxygens (including phenoxy) is 2. The molecule has 138 valence electrons. The van der Waals surface area contributed by atoms with Crippen molar-refractivity contribution in [2.75, 3.05) is 46.0 Å². The summed E-state index contributed by atoms with van der Waals surface area (Å²) < 4.78 is 10.8. The van der Waals surface area contributed by atoms with Crippen molar-refractivity contribution in [2.45, 2.75) is 46.0 Å². The minimum atomic E-state index is -0.0773. The first-order valence-corrected chi connectivity index (χ1v) is 9.52. The van der Waals surface area contributed by atoms with Gasteiger partial charge in [-0.3, -0.25) is 9.79 Å². The summed E-state index contributed by atoms with van der Waals surface area (Å²) in [4.78, 5) is 18.9. The van der Waals surface area contributed by atoms with Crippen molar-refractivity contribution < 1.29 is 14.3 Å². The molecule has 24 heavy (non-hydrogen) atoms. The molecular weight excluding hydrogens is 306 g/mol. The van der Waals surface area contributed by atoms with Crippen LogP contribution in [0.1, 0.15) is 46.0 Å². The van der Waals surface area contributed by atoms with Gasteiger partial charge in [-0.2, -0.15) is 0 Å². The number of rotatable bonds is 9. The zero-order valence-electron chi connectivity index (χ0n) is 15.3. The van der Waals surface area contributed by atoms with E-state index in [1.165, 1.54) is 12.8 Å². The molecule has 0 bridgehead atoms. The van der Waals surface area contributed by atoms with E-state index >= 15 is 0 Å². The number of likely N-dealkylation sites (tertiary alicyclic amines) is 1. The summed E-state index contributed by atoms with van der Waals surface area (Å²) in [5.74, 6) is 1.61. The zero-order chi connectivity index (χ0) is 17.2. The quantitative estimate of drug-likeness (QED) is 0.301. The van der Waals surface area contributed by atoms with E-state index in [-0.39, 0.29) is 11.9 Å². The maximum atomic E-state index is 12.0. The van der Waals surface area contributed by atoms with Crippen LogP contribution in [0.5, 0.6) is 0 Å². The maximum Gasteiger partial charge on any atom is 0.310 e. The van der Waals surface area contributed by atoms with Crippen molar-refractivity contribution in [1.29, 1.82) is 0 Å². The summed E-state index contributed by atoms with van der Waals surface area (Å²) in [5, 5.41) is 3.35. The molecule has 0 radical (unpaired) electrons. The van der Waals surface area contributed by atoms with Crippen LogP contribution in [0.4, 0.5) is 0 Å². The van der Waals surface area contributed by atoms with Crippen molar-refractivity contribution in [3.05, 3.63) is 0 Å². The molecule has 2 fully saturated rings. The summed E-state index contributed by atoms with van der Waals surface area (Å²) >= 11 is 0. The van der Waals surface area contributed by atoms with Gasteiger partial charge in [-0.15, -0.1) is 0 Å². The van der Waals surface area contributed by atoms with Crippen molar-refractivity contribution >= 4 is 11.9 Å². The predicted molar refractivity (Wildman–Crippen MR) is 95.1 cm³/mol. The van der Waals surface area contributed by atoms with Gasteiger partial charge in [0.2, 0.25) is 0 Å². The normalized spacial score (nSPS) is 21.7. The maximum absolute atomic E-state index is 12.0. The average molecular weight is 339 g/mol. The summed E-state index contributed by atoms with van der Waals surface area (Å²) in [7, 11) is 0. The number of aliphatic imine (C=N–C) groups is 1. The number of guanidine groups is 1. The first kappa shape index (κ1) is 19.0. The second kappa shape index (κ2) is 10.5. The fraction of sp³-hybridized carbons (Fsp3) is 0.889. The second-order valence-electron chi connectivity index (χ2n) is 6.64. The number of piperidine rings is 1. The van der Waals surface area contributed by atoms with Crippen molar-refractivity contribution in [1.82, 2.24) is 10.2 Å². The third kappa shape index (κ3) is 6.67. The summed E-state index contributed by atoms with van der Waals surface area (Å²) in [6.07, 6.45) is 5.51. The number of hydrogen-bond donors (Lipinski definition) is 1. The number of nitrogens with zero attached hydrogens (tertiary/aromatic N) is 2. The molecule has 1 saturated carbocycles. The van der Waals surface area contributed by atoms with Crippen LogP contribution in [0.2, 0.25) is 0 Å². The summed E-state index contributed by atoms with van der Waals surface area (Å²) in [5.41, 5.74) is 0. The highest BCUT2D eigenvalue weighted by Gasteiger charge is 2.28. The Morgan fingerprint density at radius 2 is 2.12 bits per heavy atom. The molecule has 0 amide bonds. The smallest absolute Gasteiger partial charge is 0.310 e. The molecule has 1 aliphatic heterocycles. The lowest BCUT2D eigenvalue weighted by atomic mass is 9.98. The fourth-order valence-electron chi connectivity index (χ4n) is 2.93. The van der Waals surface area contributed by atoms with Gasteiger partial charge in [0.05, 0.1) is 12.5 Å². The number of carbonyl (C=O) groups excluding carboxylic acids is 1. The van der Waals surface area contributed by atoms with Gasteiger partial charge < -0.3 is 19.7 Å².